The van der Waals surface area contributed by atoms with Gasteiger partial charge in [-0.2, -0.15) is 0 Å². The summed E-state index contributed by atoms with van der Waals surface area (Å²) in [7, 11) is 2.90. The van der Waals surface area contributed by atoms with E-state index in [4.69, 9.17) is 9.47 Å². The Morgan fingerprint density at radius 2 is 1.75 bits per heavy atom. The predicted octanol–water partition coefficient (Wildman–Crippen LogP) is 1.55. The SMILES string of the molecule is COC(=O)[C@H](Cc1ccc(OC)cc1)NC(=O)C(C)C. The Labute approximate surface area is 119 Å². The van der Waals surface area contributed by atoms with E-state index in [1.807, 2.05) is 24.3 Å². The molecule has 1 N–H and O–H groups in total. The summed E-state index contributed by atoms with van der Waals surface area (Å²) in [5.41, 5.74) is 0.922. The highest BCUT2D eigenvalue weighted by atomic mass is 16.5. The van der Waals surface area contributed by atoms with Crippen LogP contribution in [-0.2, 0) is 20.7 Å². The van der Waals surface area contributed by atoms with E-state index in [2.05, 4.69) is 5.32 Å². The van der Waals surface area contributed by atoms with Crippen LogP contribution in [0.25, 0.3) is 0 Å². The molecule has 0 heterocycles. The quantitative estimate of drug-likeness (QED) is 0.802. The van der Waals surface area contributed by atoms with E-state index in [-0.39, 0.29) is 11.8 Å². The average Bonchev–Trinajstić information content (AvgIpc) is 2.46. The summed E-state index contributed by atoms with van der Waals surface area (Å²) < 4.78 is 9.81. The summed E-state index contributed by atoms with van der Waals surface area (Å²) in [5.74, 6) is -0.0589. The number of carbonyl (C=O) groups is 2. The Kier molecular flexibility index (Phi) is 6.03. The van der Waals surface area contributed by atoms with Gasteiger partial charge in [0, 0.05) is 12.3 Å². The highest BCUT2D eigenvalue weighted by Gasteiger charge is 2.23. The fourth-order valence-corrected chi connectivity index (χ4v) is 1.67. The first-order valence-corrected chi connectivity index (χ1v) is 6.49. The summed E-state index contributed by atoms with van der Waals surface area (Å²) in [4.78, 5) is 23.5. The van der Waals surface area contributed by atoms with Gasteiger partial charge in [0.05, 0.1) is 14.2 Å². The van der Waals surface area contributed by atoms with Crippen LogP contribution in [0.5, 0.6) is 5.75 Å². The van der Waals surface area contributed by atoms with Crippen molar-refractivity contribution in [1.82, 2.24) is 5.32 Å². The van der Waals surface area contributed by atoms with Gasteiger partial charge in [-0.1, -0.05) is 26.0 Å². The van der Waals surface area contributed by atoms with Gasteiger partial charge in [-0.25, -0.2) is 4.79 Å². The molecule has 5 heteroatoms. The van der Waals surface area contributed by atoms with Crippen LogP contribution in [-0.4, -0.2) is 32.1 Å². The summed E-state index contributed by atoms with van der Waals surface area (Å²) >= 11 is 0. The Bertz CT molecular complexity index is 453. The lowest BCUT2D eigenvalue weighted by molar-refractivity contribution is -0.145. The summed E-state index contributed by atoms with van der Waals surface area (Å²) in [6.07, 6.45) is 0.384. The predicted molar refractivity (Wildman–Crippen MR) is 75.5 cm³/mol. The highest BCUT2D eigenvalue weighted by molar-refractivity contribution is 5.85. The molecule has 0 unspecified atom stereocenters. The molecule has 0 radical (unpaired) electrons. The summed E-state index contributed by atoms with van der Waals surface area (Å²) in [5, 5.41) is 2.70. The summed E-state index contributed by atoms with van der Waals surface area (Å²) in [6, 6.07) is 6.66. The number of hydrogen-bond acceptors (Lipinski definition) is 4. The van der Waals surface area contributed by atoms with E-state index in [1.165, 1.54) is 7.11 Å². The number of carbonyl (C=O) groups excluding carboxylic acids is 2. The lowest BCUT2D eigenvalue weighted by atomic mass is 10.0. The zero-order valence-corrected chi connectivity index (χ0v) is 12.3. The monoisotopic (exact) mass is 279 g/mol. The Morgan fingerprint density at radius 1 is 1.15 bits per heavy atom. The van der Waals surface area contributed by atoms with E-state index in [9.17, 15) is 9.59 Å². The van der Waals surface area contributed by atoms with Gasteiger partial charge in [-0.3, -0.25) is 4.79 Å². The third-order valence-corrected chi connectivity index (χ3v) is 2.93. The smallest absolute Gasteiger partial charge is 0.328 e. The number of ether oxygens (including phenoxy) is 2. The van der Waals surface area contributed by atoms with Gasteiger partial charge >= 0.3 is 5.97 Å². The van der Waals surface area contributed by atoms with Crippen molar-refractivity contribution in [2.75, 3.05) is 14.2 Å². The molecule has 0 spiro atoms. The molecule has 1 atom stereocenters. The molecule has 1 rings (SSSR count). The Hall–Kier alpha value is -2.04. The van der Waals surface area contributed by atoms with Crippen molar-refractivity contribution in [2.24, 2.45) is 5.92 Å². The van der Waals surface area contributed by atoms with Crippen LogP contribution in [0.2, 0.25) is 0 Å². The van der Waals surface area contributed by atoms with E-state index in [0.29, 0.717) is 6.42 Å². The normalized spacial score (nSPS) is 11.8. The number of amides is 1. The minimum Gasteiger partial charge on any atom is -0.497 e. The van der Waals surface area contributed by atoms with Gasteiger partial charge in [0.25, 0.3) is 0 Å². The van der Waals surface area contributed by atoms with Gasteiger partial charge in [0.2, 0.25) is 5.91 Å². The van der Waals surface area contributed by atoms with Crippen LogP contribution in [0.15, 0.2) is 24.3 Å². The molecule has 0 aliphatic rings. The molecule has 0 saturated heterocycles. The van der Waals surface area contributed by atoms with E-state index in [0.717, 1.165) is 11.3 Å². The van der Waals surface area contributed by atoms with E-state index < -0.39 is 12.0 Å². The lowest BCUT2D eigenvalue weighted by Crippen LogP contribution is -2.44. The van der Waals surface area contributed by atoms with Gasteiger partial charge < -0.3 is 14.8 Å². The van der Waals surface area contributed by atoms with Crippen molar-refractivity contribution in [3.05, 3.63) is 29.8 Å². The largest absolute Gasteiger partial charge is 0.497 e. The molecule has 0 fully saturated rings. The van der Waals surface area contributed by atoms with E-state index in [1.54, 1.807) is 21.0 Å². The van der Waals surface area contributed by atoms with Crippen molar-refractivity contribution < 1.29 is 19.1 Å². The molecule has 110 valence electrons. The van der Waals surface area contributed by atoms with Crippen LogP contribution in [0.3, 0.4) is 0 Å². The third kappa shape index (κ3) is 4.57. The molecule has 1 aromatic rings. The molecular formula is C15H21NO4. The fourth-order valence-electron chi connectivity index (χ4n) is 1.67. The second-order valence-electron chi connectivity index (χ2n) is 4.79. The van der Waals surface area contributed by atoms with Crippen LogP contribution in [0.4, 0.5) is 0 Å². The minimum atomic E-state index is -0.678. The maximum absolute atomic E-state index is 11.7. The first kappa shape index (κ1) is 16.0. The molecule has 0 saturated carbocycles. The van der Waals surface area contributed by atoms with Crippen molar-refractivity contribution in [1.29, 1.82) is 0 Å². The molecule has 1 aromatic carbocycles. The average molecular weight is 279 g/mol. The van der Waals surface area contributed by atoms with Crippen molar-refractivity contribution in [3.63, 3.8) is 0 Å². The first-order chi connectivity index (χ1) is 9.47. The third-order valence-electron chi connectivity index (χ3n) is 2.93. The zero-order chi connectivity index (χ0) is 15.1. The Morgan fingerprint density at radius 3 is 2.20 bits per heavy atom. The molecule has 1 amide bonds. The molecule has 5 nitrogen and oxygen atoms in total. The molecule has 0 aliphatic carbocycles. The number of hydrogen-bond donors (Lipinski definition) is 1. The van der Waals surface area contributed by atoms with Gasteiger partial charge in [0.15, 0.2) is 0 Å². The molecule has 0 aromatic heterocycles. The molecule has 0 bridgehead atoms. The zero-order valence-electron chi connectivity index (χ0n) is 12.3. The van der Waals surface area contributed by atoms with Crippen LogP contribution in [0.1, 0.15) is 19.4 Å². The molecular weight excluding hydrogens is 258 g/mol. The van der Waals surface area contributed by atoms with Crippen molar-refractivity contribution >= 4 is 11.9 Å². The standard InChI is InChI=1S/C15H21NO4/c1-10(2)14(17)16-13(15(18)20-4)9-11-5-7-12(19-3)8-6-11/h5-8,10,13H,9H2,1-4H3,(H,16,17)/t13-/m0/s1. The maximum Gasteiger partial charge on any atom is 0.328 e. The van der Waals surface area contributed by atoms with Crippen LogP contribution in [0, 0.1) is 5.92 Å². The number of methoxy groups -OCH3 is 2. The second-order valence-corrected chi connectivity index (χ2v) is 4.79. The fraction of sp³-hybridized carbons (Fsp3) is 0.467. The van der Waals surface area contributed by atoms with Gasteiger partial charge in [-0.05, 0) is 17.7 Å². The molecule has 20 heavy (non-hydrogen) atoms. The van der Waals surface area contributed by atoms with Crippen LogP contribution < -0.4 is 10.1 Å². The van der Waals surface area contributed by atoms with Crippen LogP contribution >= 0.6 is 0 Å². The Balaban J connectivity index is 2.78. The first-order valence-electron chi connectivity index (χ1n) is 6.49. The maximum atomic E-state index is 11.7. The number of esters is 1. The number of nitrogens with one attached hydrogen (secondary N) is 1. The number of rotatable bonds is 6. The van der Waals surface area contributed by atoms with Gasteiger partial charge in [0.1, 0.15) is 11.8 Å². The minimum absolute atomic E-state index is 0.172. The topological polar surface area (TPSA) is 64.6 Å². The highest BCUT2D eigenvalue weighted by Crippen LogP contribution is 2.13. The van der Waals surface area contributed by atoms with Crippen molar-refractivity contribution in [2.45, 2.75) is 26.3 Å². The van der Waals surface area contributed by atoms with Crippen molar-refractivity contribution in [3.8, 4) is 5.75 Å². The lowest BCUT2D eigenvalue weighted by Gasteiger charge is -2.18. The van der Waals surface area contributed by atoms with E-state index >= 15 is 0 Å². The second kappa shape index (κ2) is 7.53. The molecule has 0 aliphatic heterocycles. The summed E-state index contributed by atoms with van der Waals surface area (Å²) in [6.45, 7) is 3.55. The number of benzene rings is 1. The van der Waals surface area contributed by atoms with Gasteiger partial charge in [-0.15, -0.1) is 0 Å².